The standard InChI is InChI=1S/C22H28N2O/c1-17(23-22(25)16-24(2)21-10-6-7-11-21)18-12-14-20(15-13-18)19-8-4-3-5-9-19/h3-5,8-9,12-15,17,21H,6-7,10-11,16H2,1-2H3,(H,23,25). The van der Waals surface area contributed by atoms with E-state index in [0.717, 1.165) is 5.56 Å². The number of amides is 1. The maximum atomic E-state index is 12.3. The molecule has 0 radical (unpaired) electrons. The molecule has 3 rings (SSSR count). The average molecular weight is 336 g/mol. The van der Waals surface area contributed by atoms with Crippen molar-refractivity contribution in [3.63, 3.8) is 0 Å². The zero-order chi connectivity index (χ0) is 17.6. The van der Waals surface area contributed by atoms with E-state index in [9.17, 15) is 4.79 Å². The van der Waals surface area contributed by atoms with Gasteiger partial charge in [-0.15, -0.1) is 0 Å². The molecular formula is C22H28N2O. The lowest BCUT2D eigenvalue weighted by molar-refractivity contribution is -0.123. The molecule has 25 heavy (non-hydrogen) atoms. The number of nitrogens with one attached hydrogen (secondary N) is 1. The summed E-state index contributed by atoms with van der Waals surface area (Å²) >= 11 is 0. The average Bonchev–Trinajstić information content (AvgIpc) is 3.17. The Bertz CT molecular complexity index is 675. The highest BCUT2D eigenvalue weighted by Gasteiger charge is 2.21. The third-order valence-electron chi connectivity index (χ3n) is 5.24. The number of benzene rings is 2. The highest BCUT2D eigenvalue weighted by atomic mass is 16.2. The Morgan fingerprint density at radius 1 is 1.04 bits per heavy atom. The lowest BCUT2D eigenvalue weighted by atomic mass is 10.0. The highest BCUT2D eigenvalue weighted by Crippen LogP contribution is 2.23. The van der Waals surface area contributed by atoms with Gasteiger partial charge in [-0.3, -0.25) is 9.69 Å². The van der Waals surface area contributed by atoms with Gasteiger partial charge in [0, 0.05) is 6.04 Å². The van der Waals surface area contributed by atoms with Crippen LogP contribution in [0.25, 0.3) is 11.1 Å². The Kier molecular flexibility index (Phi) is 5.87. The van der Waals surface area contributed by atoms with Gasteiger partial charge < -0.3 is 5.32 Å². The molecule has 1 aliphatic rings. The maximum absolute atomic E-state index is 12.3. The molecule has 132 valence electrons. The molecule has 0 heterocycles. The predicted molar refractivity (Wildman–Crippen MR) is 103 cm³/mol. The molecule has 0 aliphatic heterocycles. The summed E-state index contributed by atoms with van der Waals surface area (Å²) in [7, 11) is 2.06. The zero-order valence-electron chi connectivity index (χ0n) is 15.2. The normalized spacial score (nSPS) is 16.1. The lowest BCUT2D eigenvalue weighted by Crippen LogP contribution is -2.40. The minimum Gasteiger partial charge on any atom is -0.348 e. The number of carbonyl (C=O) groups excluding carboxylic acids is 1. The summed E-state index contributed by atoms with van der Waals surface area (Å²) in [5, 5.41) is 3.13. The van der Waals surface area contributed by atoms with Crippen molar-refractivity contribution in [3.05, 3.63) is 60.2 Å². The van der Waals surface area contributed by atoms with Gasteiger partial charge in [-0.05, 0) is 43.5 Å². The Hall–Kier alpha value is -2.13. The maximum Gasteiger partial charge on any atom is 0.234 e. The molecule has 1 fully saturated rings. The molecule has 1 saturated carbocycles. The summed E-state index contributed by atoms with van der Waals surface area (Å²) in [4.78, 5) is 14.5. The molecule has 0 aromatic heterocycles. The lowest BCUT2D eigenvalue weighted by Gasteiger charge is -2.24. The highest BCUT2D eigenvalue weighted by molar-refractivity contribution is 5.78. The van der Waals surface area contributed by atoms with Crippen LogP contribution in [0, 0.1) is 0 Å². The van der Waals surface area contributed by atoms with Crippen molar-refractivity contribution >= 4 is 5.91 Å². The number of rotatable bonds is 6. The molecule has 2 aromatic rings. The summed E-state index contributed by atoms with van der Waals surface area (Å²) in [6, 6.07) is 19.4. The van der Waals surface area contributed by atoms with Crippen LogP contribution in [0.3, 0.4) is 0 Å². The van der Waals surface area contributed by atoms with Crippen molar-refractivity contribution in [1.29, 1.82) is 0 Å². The molecule has 1 N–H and O–H groups in total. The number of likely N-dealkylation sites (N-methyl/N-ethyl adjacent to an activating group) is 1. The Morgan fingerprint density at radius 2 is 1.64 bits per heavy atom. The molecule has 1 aliphatic carbocycles. The third-order valence-corrected chi connectivity index (χ3v) is 5.24. The van der Waals surface area contributed by atoms with Crippen LogP contribution in [-0.2, 0) is 4.79 Å². The molecule has 3 heteroatoms. The van der Waals surface area contributed by atoms with Crippen molar-refractivity contribution in [2.75, 3.05) is 13.6 Å². The third kappa shape index (κ3) is 4.70. The Labute approximate surface area is 151 Å². The van der Waals surface area contributed by atoms with Gasteiger partial charge in [0.25, 0.3) is 0 Å². The fourth-order valence-electron chi connectivity index (χ4n) is 3.67. The summed E-state index contributed by atoms with van der Waals surface area (Å²) < 4.78 is 0. The summed E-state index contributed by atoms with van der Waals surface area (Å²) in [5.74, 6) is 0.106. The largest absolute Gasteiger partial charge is 0.348 e. The molecule has 1 unspecified atom stereocenters. The second kappa shape index (κ2) is 8.30. The van der Waals surface area contributed by atoms with Gasteiger partial charge in [0.15, 0.2) is 0 Å². The van der Waals surface area contributed by atoms with Crippen molar-refractivity contribution < 1.29 is 4.79 Å². The first-order valence-electron chi connectivity index (χ1n) is 9.28. The van der Waals surface area contributed by atoms with Gasteiger partial charge in [-0.2, -0.15) is 0 Å². The summed E-state index contributed by atoms with van der Waals surface area (Å²) in [5.41, 5.74) is 3.55. The quantitative estimate of drug-likeness (QED) is 0.848. The molecule has 1 atom stereocenters. The second-order valence-corrected chi connectivity index (χ2v) is 7.13. The van der Waals surface area contributed by atoms with Gasteiger partial charge in [-0.1, -0.05) is 67.4 Å². The molecule has 0 bridgehead atoms. The van der Waals surface area contributed by atoms with Crippen LogP contribution in [0.2, 0.25) is 0 Å². The topological polar surface area (TPSA) is 32.3 Å². The van der Waals surface area contributed by atoms with Gasteiger partial charge in [-0.25, -0.2) is 0 Å². The molecule has 3 nitrogen and oxygen atoms in total. The van der Waals surface area contributed by atoms with Crippen LogP contribution in [0.15, 0.2) is 54.6 Å². The minimum atomic E-state index is 0.0225. The monoisotopic (exact) mass is 336 g/mol. The van der Waals surface area contributed by atoms with Crippen molar-refractivity contribution in [3.8, 4) is 11.1 Å². The van der Waals surface area contributed by atoms with E-state index in [2.05, 4.69) is 53.7 Å². The van der Waals surface area contributed by atoms with Crippen LogP contribution in [0.5, 0.6) is 0 Å². The van der Waals surface area contributed by atoms with Gasteiger partial charge in [0.2, 0.25) is 5.91 Å². The number of carbonyl (C=O) groups is 1. The van der Waals surface area contributed by atoms with Crippen molar-refractivity contribution in [2.24, 2.45) is 0 Å². The molecule has 1 amide bonds. The summed E-state index contributed by atoms with van der Waals surface area (Å²) in [6.45, 7) is 2.53. The van der Waals surface area contributed by atoms with Crippen LogP contribution < -0.4 is 5.32 Å². The molecule has 0 spiro atoms. The van der Waals surface area contributed by atoms with Crippen LogP contribution in [0.4, 0.5) is 0 Å². The predicted octanol–water partition coefficient (Wildman–Crippen LogP) is 4.41. The first kappa shape index (κ1) is 17.7. The van der Waals surface area contributed by atoms with E-state index in [0.29, 0.717) is 12.6 Å². The zero-order valence-corrected chi connectivity index (χ0v) is 15.2. The fourth-order valence-corrected chi connectivity index (χ4v) is 3.67. The molecule has 0 saturated heterocycles. The molecular weight excluding hydrogens is 308 g/mol. The van der Waals surface area contributed by atoms with Gasteiger partial charge in [0.05, 0.1) is 12.6 Å². The van der Waals surface area contributed by atoms with Gasteiger partial charge >= 0.3 is 0 Å². The fraction of sp³-hybridized carbons (Fsp3) is 0.409. The van der Waals surface area contributed by atoms with E-state index in [1.165, 1.54) is 36.8 Å². The molecule has 2 aromatic carbocycles. The Morgan fingerprint density at radius 3 is 2.28 bits per heavy atom. The first-order chi connectivity index (χ1) is 12.1. The van der Waals surface area contributed by atoms with E-state index in [-0.39, 0.29) is 11.9 Å². The van der Waals surface area contributed by atoms with Crippen LogP contribution >= 0.6 is 0 Å². The SMILES string of the molecule is CC(NC(=O)CN(C)C1CCCC1)c1ccc(-c2ccccc2)cc1. The minimum absolute atomic E-state index is 0.0225. The van der Waals surface area contributed by atoms with E-state index in [1.807, 2.05) is 25.1 Å². The summed E-state index contributed by atoms with van der Waals surface area (Å²) in [6.07, 6.45) is 5.03. The number of nitrogens with zero attached hydrogens (tertiary/aromatic N) is 1. The van der Waals surface area contributed by atoms with E-state index < -0.39 is 0 Å². The van der Waals surface area contributed by atoms with Crippen LogP contribution in [-0.4, -0.2) is 30.4 Å². The number of hydrogen-bond donors (Lipinski definition) is 1. The number of hydrogen-bond acceptors (Lipinski definition) is 2. The first-order valence-corrected chi connectivity index (χ1v) is 9.28. The smallest absolute Gasteiger partial charge is 0.234 e. The van der Waals surface area contributed by atoms with E-state index >= 15 is 0 Å². The van der Waals surface area contributed by atoms with E-state index in [1.54, 1.807) is 0 Å². The van der Waals surface area contributed by atoms with Crippen molar-refractivity contribution in [1.82, 2.24) is 10.2 Å². The van der Waals surface area contributed by atoms with Crippen LogP contribution in [0.1, 0.15) is 44.2 Å². The Balaban J connectivity index is 1.55. The van der Waals surface area contributed by atoms with E-state index in [4.69, 9.17) is 0 Å². The van der Waals surface area contributed by atoms with Crippen molar-refractivity contribution in [2.45, 2.75) is 44.7 Å². The van der Waals surface area contributed by atoms with Gasteiger partial charge in [0.1, 0.15) is 0 Å². The second-order valence-electron chi connectivity index (χ2n) is 7.13.